The van der Waals surface area contributed by atoms with Crippen LogP contribution in [0.5, 0.6) is 5.75 Å². The summed E-state index contributed by atoms with van der Waals surface area (Å²) in [5.74, 6) is 0.694. The van der Waals surface area contributed by atoms with Gasteiger partial charge in [0, 0.05) is 0 Å². The number of rotatable bonds is 4. The molecule has 7 nitrogen and oxygen atoms in total. The zero-order valence-corrected chi connectivity index (χ0v) is 9.08. The van der Waals surface area contributed by atoms with Gasteiger partial charge in [0.2, 0.25) is 5.82 Å². The topological polar surface area (TPSA) is 90.0 Å². The van der Waals surface area contributed by atoms with Crippen molar-refractivity contribution in [2.75, 3.05) is 7.11 Å². The minimum atomic E-state index is -0.380. The van der Waals surface area contributed by atoms with E-state index >= 15 is 0 Å². The van der Waals surface area contributed by atoms with Crippen molar-refractivity contribution in [3.63, 3.8) is 0 Å². The first-order chi connectivity index (χ1) is 8.29. The van der Waals surface area contributed by atoms with Crippen LogP contribution in [-0.2, 0) is 11.3 Å². The average molecular weight is 234 g/mol. The zero-order chi connectivity index (χ0) is 12.1. The molecule has 2 aromatic rings. The van der Waals surface area contributed by atoms with Gasteiger partial charge in [-0.05, 0) is 24.3 Å². The Bertz CT molecular complexity index is 481. The van der Waals surface area contributed by atoms with Crippen molar-refractivity contribution in [2.24, 2.45) is 0 Å². The van der Waals surface area contributed by atoms with Crippen LogP contribution in [0.2, 0.25) is 0 Å². The summed E-state index contributed by atoms with van der Waals surface area (Å²) >= 11 is 0. The van der Waals surface area contributed by atoms with E-state index in [0.717, 1.165) is 0 Å². The summed E-state index contributed by atoms with van der Waals surface area (Å²) in [7, 11) is 1.34. The van der Waals surface area contributed by atoms with E-state index in [1.807, 2.05) is 0 Å². The minimum Gasteiger partial charge on any atom is -0.485 e. The first kappa shape index (κ1) is 11.1. The Kier molecular flexibility index (Phi) is 3.29. The van der Waals surface area contributed by atoms with Crippen LogP contribution in [0.25, 0.3) is 0 Å². The summed E-state index contributed by atoms with van der Waals surface area (Å²) in [4.78, 5) is 11.2. The summed E-state index contributed by atoms with van der Waals surface area (Å²) in [5.41, 5.74) is 0.472. The van der Waals surface area contributed by atoms with Crippen molar-refractivity contribution in [2.45, 2.75) is 6.61 Å². The first-order valence-electron chi connectivity index (χ1n) is 4.83. The van der Waals surface area contributed by atoms with E-state index in [2.05, 4.69) is 25.4 Å². The molecule has 0 fully saturated rings. The molecule has 0 saturated heterocycles. The number of benzene rings is 1. The van der Waals surface area contributed by atoms with Crippen molar-refractivity contribution in [1.82, 2.24) is 20.6 Å². The normalized spacial score (nSPS) is 9.94. The van der Waals surface area contributed by atoms with Crippen LogP contribution in [0, 0.1) is 0 Å². The Labute approximate surface area is 96.7 Å². The lowest BCUT2D eigenvalue weighted by molar-refractivity contribution is 0.0600. The van der Waals surface area contributed by atoms with Gasteiger partial charge in [-0.15, -0.1) is 10.2 Å². The van der Waals surface area contributed by atoms with Gasteiger partial charge in [0.05, 0.1) is 12.7 Å². The standard InChI is InChI=1S/C10H10N4O3/c1-16-10(15)7-2-4-8(5-3-7)17-6-9-11-13-14-12-9/h2-5H,6H2,1H3,(H,11,12,13,14). The molecule has 1 aromatic heterocycles. The van der Waals surface area contributed by atoms with E-state index < -0.39 is 0 Å². The van der Waals surface area contributed by atoms with Crippen molar-refractivity contribution >= 4 is 5.97 Å². The monoisotopic (exact) mass is 234 g/mol. The molecule has 0 amide bonds. The number of nitrogens with one attached hydrogen (secondary N) is 1. The van der Waals surface area contributed by atoms with E-state index in [1.54, 1.807) is 24.3 Å². The van der Waals surface area contributed by atoms with Crippen molar-refractivity contribution < 1.29 is 14.3 Å². The van der Waals surface area contributed by atoms with Crippen LogP contribution in [0.3, 0.4) is 0 Å². The predicted octanol–water partition coefficient (Wildman–Crippen LogP) is 0.565. The van der Waals surface area contributed by atoms with Gasteiger partial charge in [0.1, 0.15) is 5.75 Å². The third-order valence-electron chi connectivity index (χ3n) is 2.03. The minimum absolute atomic E-state index is 0.216. The first-order valence-corrected chi connectivity index (χ1v) is 4.83. The lowest BCUT2D eigenvalue weighted by atomic mass is 10.2. The van der Waals surface area contributed by atoms with Gasteiger partial charge < -0.3 is 9.47 Å². The maximum atomic E-state index is 11.2. The van der Waals surface area contributed by atoms with Crippen LogP contribution in [-0.4, -0.2) is 33.7 Å². The molecule has 0 atom stereocenters. The third kappa shape index (κ3) is 2.77. The molecule has 7 heteroatoms. The number of aromatic nitrogens is 4. The highest BCUT2D eigenvalue weighted by atomic mass is 16.5. The fraction of sp³-hybridized carbons (Fsp3) is 0.200. The van der Waals surface area contributed by atoms with E-state index in [0.29, 0.717) is 17.1 Å². The zero-order valence-electron chi connectivity index (χ0n) is 9.08. The van der Waals surface area contributed by atoms with Gasteiger partial charge in [0.25, 0.3) is 0 Å². The van der Waals surface area contributed by atoms with Gasteiger partial charge in [0.15, 0.2) is 6.61 Å². The fourth-order valence-corrected chi connectivity index (χ4v) is 1.20. The van der Waals surface area contributed by atoms with Crippen LogP contribution >= 0.6 is 0 Å². The lowest BCUT2D eigenvalue weighted by Crippen LogP contribution is -2.01. The molecule has 1 aromatic carbocycles. The van der Waals surface area contributed by atoms with Gasteiger partial charge in [-0.2, -0.15) is 5.21 Å². The maximum Gasteiger partial charge on any atom is 0.337 e. The van der Waals surface area contributed by atoms with Crippen LogP contribution in [0.1, 0.15) is 16.2 Å². The van der Waals surface area contributed by atoms with Crippen LogP contribution in [0.15, 0.2) is 24.3 Å². The van der Waals surface area contributed by atoms with Crippen molar-refractivity contribution in [1.29, 1.82) is 0 Å². The number of tetrazole rings is 1. The Morgan fingerprint density at radius 2 is 2.12 bits per heavy atom. The Balaban J connectivity index is 1.96. The van der Waals surface area contributed by atoms with Crippen LogP contribution in [0.4, 0.5) is 0 Å². The number of nitrogens with zero attached hydrogens (tertiary/aromatic N) is 3. The van der Waals surface area contributed by atoms with Gasteiger partial charge in [-0.3, -0.25) is 0 Å². The Hall–Kier alpha value is -2.44. The molecule has 88 valence electrons. The second kappa shape index (κ2) is 5.06. The smallest absolute Gasteiger partial charge is 0.337 e. The summed E-state index contributed by atoms with van der Waals surface area (Å²) in [6, 6.07) is 6.59. The molecule has 0 aliphatic carbocycles. The van der Waals surface area contributed by atoms with Gasteiger partial charge >= 0.3 is 5.97 Å². The van der Waals surface area contributed by atoms with Gasteiger partial charge in [-0.25, -0.2) is 4.79 Å². The second-order valence-corrected chi connectivity index (χ2v) is 3.13. The highest BCUT2D eigenvalue weighted by molar-refractivity contribution is 5.89. The average Bonchev–Trinajstić information content (AvgIpc) is 2.89. The van der Waals surface area contributed by atoms with E-state index in [1.165, 1.54) is 7.11 Å². The molecule has 0 unspecified atom stereocenters. The number of aromatic amines is 1. The molecule has 0 aliphatic rings. The van der Waals surface area contributed by atoms with E-state index in [9.17, 15) is 4.79 Å². The number of carbonyl (C=O) groups excluding carboxylic acids is 1. The molecule has 0 saturated carbocycles. The lowest BCUT2D eigenvalue weighted by Gasteiger charge is -2.04. The number of hydrogen-bond donors (Lipinski definition) is 1. The molecule has 2 rings (SSSR count). The van der Waals surface area contributed by atoms with Crippen molar-refractivity contribution in [3.05, 3.63) is 35.7 Å². The van der Waals surface area contributed by atoms with Crippen LogP contribution < -0.4 is 4.74 Å². The number of carbonyl (C=O) groups is 1. The molecule has 0 bridgehead atoms. The predicted molar refractivity (Wildman–Crippen MR) is 56.3 cm³/mol. The SMILES string of the molecule is COC(=O)c1ccc(OCc2nn[nH]n2)cc1. The number of hydrogen-bond acceptors (Lipinski definition) is 6. The summed E-state index contributed by atoms with van der Waals surface area (Å²) < 4.78 is 9.96. The van der Waals surface area contributed by atoms with Crippen molar-refractivity contribution in [3.8, 4) is 5.75 Å². The molecule has 0 radical (unpaired) electrons. The maximum absolute atomic E-state index is 11.2. The molecule has 0 spiro atoms. The third-order valence-corrected chi connectivity index (χ3v) is 2.03. The second-order valence-electron chi connectivity index (χ2n) is 3.13. The summed E-state index contributed by atoms with van der Waals surface area (Å²) in [5, 5.41) is 13.2. The summed E-state index contributed by atoms with van der Waals surface area (Å²) in [6.07, 6.45) is 0. The molecular weight excluding hydrogens is 224 g/mol. The number of ether oxygens (including phenoxy) is 2. The highest BCUT2D eigenvalue weighted by Gasteiger charge is 2.05. The molecular formula is C10H10N4O3. The van der Waals surface area contributed by atoms with E-state index in [4.69, 9.17) is 4.74 Å². The Morgan fingerprint density at radius 1 is 1.35 bits per heavy atom. The number of esters is 1. The fourth-order valence-electron chi connectivity index (χ4n) is 1.20. The quantitative estimate of drug-likeness (QED) is 0.777. The summed E-state index contributed by atoms with van der Waals surface area (Å²) in [6.45, 7) is 0.216. The largest absolute Gasteiger partial charge is 0.485 e. The van der Waals surface area contributed by atoms with Gasteiger partial charge in [-0.1, -0.05) is 5.21 Å². The number of methoxy groups -OCH3 is 1. The number of H-pyrrole nitrogens is 1. The molecule has 1 heterocycles. The Morgan fingerprint density at radius 3 is 2.71 bits per heavy atom. The molecule has 0 aliphatic heterocycles. The highest BCUT2D eigenvalue weighted by Crippen LogP contribution is 2.13. The van der Waals surface area contributed by atoms with E-state index in [-0.39, 0.29) is 12.6 Å². The molecule has 17 heavy (non-hydrogen) atoms. The molecule has 1 N–H and O–H groups in total.